The molecule has 0 spiro atoms. The van der Waals surface area contributed by atoms with Crippen molar-refractivity contribution >= 4 is 72.3 Å². The molecule has 332 valence electrons. The van der Waals surface area contributed by atoms with Crippen LogP contribution in [0.3, 0.4) is 0 Å². The lowest BCUT2D eigenvalue weighted by molar-refractivity contribution is 0.490. The maximum atomic E-state index is 2.46. The Kier molecular flexibility index (Phi) is 10.1. The Morgan fingerprint density at radius 3 is 1.53 bits per heavy atom. The molecule has 0 fully saturated rings. The minimum atomic E-state index is -0.0855. The highest BCUT2D eigenvalue weighted by atomic mass is 15.1. The van der Waals surface area contributed by atoms with Crippen LogP contribution in [0.15, 0.2) is 237 Å². The summed E-state index contributed by atoms with van der Waals surface area (Å²) in [4.78, 5) is 2.38. The Hall–Kier alpha value is -8.52. The monoisotopic (exact) mass is 893 g/mol. The third kappa shape index (κ3) is 6.61. The number of anilines is 3. The van der Waals surface area contributed by atoms with E-state index >= 15 is 0 Å². The van der Waals surface area contributed by atoms with Crippen LogP contribution in [0.25, 0.3) is 99.7 Å². The standard InChI is InChI=1S/C69H51N/c1-3-69(4-2)64-44-47(36-40-56(64)57-41-39-53(45-65(57)69)70(51-22-10-6-11-23-51)52-24-12-7-13-25-52)33-32-46-34-37-50(38-35-46)66-54(48-18-8-5-9-19-48)26-16-29-58(66)55-42-43-63-61-28-15-21-49-20-14-27-60(67(49)61)62-31-17-30-59(55)68(62)63/h5-45H,3-4H2,1-2H3/b33-32+. The first-order chi connectivity index (χ1) is 34.6. The fourth-order valence-electron chi connectivity index (χ4n) is 12.1. The molecule has 0 aromatic heterocycles. The highest BCUT2D eigenvalue weighted by Gasteiger charge is 2.41. The highest BCUT2D eigenvalue weighted by molar-refractivity contribution is 6.34. The van der Waals surface area contributed by atoms with E-state index in [1.165, 1.54) is 116 Å². The smallest absolute Gasteiger partial charge is 0.0465 e. The summed E-state index contributed by atoms with van der Waals surface area (Å²) in [6, 6.07) is 87.7. The third-order valence-corrected chi connectivity index (χ3v) is 15.5. The molecule has 13 rings (SSSR count). The normalized spacial score (nSPS) is 12.9. The van der Waals surface area contributed by atoms with Crippen LogP contribution >= 0.6 is 0 Å². The van der Waals surface area contributed by atoms with Crippen LogP contribution in [0.1, 0.15) is 48.9 Å². The second-order valence-corrected chi connectivity index (χ2v) is 19.0. The average Bonchev–Trinajstić information content (AvgIpc) is 3.70. The molecule has 1 heteroatoms. The van der Waals surface area contributed by atoms with Crippen LogP contribution < -0.4 is 4.90 Å². The van der Waals surface area contributed by atoms with E-state index in [2.05, 4.69) is 267 Å². The lowest BCUT2D eigenvalue weighted by Gasteiger charge is -2.32. The molecule has 0 saturated carbocycles. The molecular formula is C69H51N. The lowest BCUT2D eigenvalue weighted by Crippen LogP contribution is -2.23. The van der Waals surface area contributed by atoms with E-state index < -0.39 is 0 Å². The van der Waals surface area contributed by atoms with Crippen molar-refractivity contribution in [3.63, 3.8) is 0 Å². The second kappa shape index (κ2) is 16.9. The van der Waals surface area contributed by atoms with Crippen molar-refractivity contribution < 1.29 is 0 Å². The van der Waals surface area contributed by atoms with Gasteiger partial charge in [-0.3, -0.25) is 0 Å². The van der Waals surface area contributed by atoms with E-state index in [4.69, 9.17) is 0 Å². The van der Waals surface area contributed by atoms with Crippen LogP contribution in [-0.4, -0.2) is 0 Å². The molecular weight excluding hydrogens is 843 g/mol. The number of fused-ring (bicyclic) bond motifs is 5. The molecule has 1 nitrogen and oxygen atoms in total. The first-order valence-corrected chi connectivity index (χ1v) is 24.9. The largest absolute Gasteiger partial charge is 0.310 e. The quantitative estimate of drug-likeness (QED) is 0.0751. The van der Waals surface area contributed by atoms with E-state index in [0.29, 0.717) is 0 Å². The van der Waals surface area contributed by atoms with E-state index in [0.717, 1.165) is 24.2 Å². The minimum Gasteiger partial charge on any atom is -0.310 e. The molecule has 0 aliphatic heterocycles. The predicted octanol–water partition coefficient (Wildman–Crippen LogP) is 19.5. The van der Waals surface area contributed by atoms with E-state index in [9.17, 15) is 0 Å². The summed E-state index contributed by atoms with van der Waals surface area (Å²) in [7, 11) is 0. The summed E-state index contributed by atoms with van der Waals surface area (Å²) >= 11 is 0. The van der Waals surface area contributed by atoms with Gasteiger partial charge >= 0.3 is 0 Å². The fourth-order valence-corrected chi connectivity index (χ4v) is 12.1. The summed E-state index contributed by atoms with van der Waals surface area (Å²) in [5, 5.41) is 10.5. The Morgan fingerprint density at radius 1 is 0.343 bits per heavy atom. The van der Waals surface area contributed by atoms with Crippen molar-refractivity contribution in [3.8, 4) is 44.5 Å². The molecule has 0 unspecified atom stereocenters. The fraction of sp³-hybridized carbons (Fsp3) is 0.0725. The van der Waals surface area contributed by atoms with Gasteiger partial charge in [0, 0.05) is 22.5 Å². The van der Waals surface area contributed by atoms with Crippen molar-refractivity contribution in [2.45, 2.75) is 32.1 Å². The van der Waals surface area contributed by atoms with Crippen molar-refractivity contribution in [2.75, 3.05) is 4.90 Å². The number of para-hydroxylation sites is 2. The van der Waals surface area contributed by atoms with Gasteiger partial charge < -0.3 is 4.90 Å². The van der Waals surface area contributed by atoms with Crippen molar-refractivity contribution in [3.05, 3.63) is 259 Å². The van der Waals surface area contributed by atoms with Crippen LogP contribution in [0.4, 0.5) is 17.1 Å². The molecule has 0 saturated heterocycles. The van der Waals surface area contributed by atoms with Gasteiger partial charge in [-0.25, -0.2) is 0 Å². The summed E-state index contributed by atoms with van der Waals surface area (Å²) < 4.78 is 0. The molecule has 12 aromatic carbocycles. The van der Waals surface area contributed by atoms with Gasteiger partial charge in [-0.15, -0.1) is 0 Å². The van der Waals surface area contributed by atoms with Crippen LogP contribution in [-0.2, 0) is 5.41 Å². The molecule has 0 radical (unpaired) electrons. The maximum absolute atomic E-state index is 2.46. The molecule has 70 heavy (non-hydrogen) atoms. The van der Waals surface area contributed by atoms with Gasteiger partial charge in [0.15, 0.2) is 0 Å². The molecule has 12 aromatic rings. The highest BCUT2D eigenvalue weighted by Crippen LogP contribution is 2.55. The number of benzene rings is 12. The minimum absolute atomic E-state index is 0.0855. The lowest BCUT2D eigenvalue weighted by atomic mass is 9.73. The summed E-state index contributed by atoms with van der Waals surface area (Å²) in [6.45, 7) is 4.72. The summed E-state index contributed by atoms with van der Waals surface area (Å²) in [5.74, 6) is 0. The topological polar surface area (TPSA) is 3.24 Å². The zero-order valence-electron chi connectivity index (χ0n) is 39.5. The number of hydrogen-bond donors (Lipinski definition) is 0. The first-order valence-electron chi connectivity index (χ1n) is 24.9. The van der Waals surface area contributed by atoms with E-state index in [-0.39, 0.29) is 5.41 Å². The Balaban J connectivity index is 0.869. The molecule has 1 aliphatic carbocycles. The predicted molar refractivity (Wildman–Crippen MR) is 301 cm³/mol. The SMILES string of the molecule is CCC1(CC)c2cc(/C=C/c3ccc(-c4c(-c5ccccc5)cccc4-c4ccc5c6cccc7cccc(c8cccc4c85)c76)cc3)ccc2-c2ccc(N(c3ccccc3)c3ccccc3)cc21. The summed E-state index contributed by atoms with van der Waals surface area (Å²) in [5.41, 5.74) is 18.7. The van der Waals surface area contributed by atoms with Crippen molar-refractivity contribution in [1.82, 2.24) is 0 Å². The Labute approximate surface area is 410 Å². The van der Waals surface area contributed by atoms with Crippen molar-refractivity contribution in [1.29, 1.82) is 0 Å². The van der Waals surface area contributed by atoms with E-state index in [1.54, 1.807) is 0 Å². The molecule has 0 amide bonds. The van der Waals surface area contributed by atoms with Gasteiger partial charge in [-0.05, 0) is 159 Å². The van der Waals surface area contributed by atoms with Gasteiger partial charge in [-0.1, -0.05) is 226 Å². The van der Waals surface area contributed by atoms with Crippen molar-refractivity contribution in [2.24, 2.45) is 0 Å². The Morgan fingerprint density at radius 2 is 0.857 bits per heavy atom. The second-order valence-electron chi connectivity index (χ2n) is 19.0. The van der Waals surface area contributed by atoms with Gasteiger partial charge in [0.25, 0.3) is 0 Å². The number of rotatable bonds is 10. The zero-order valence-corrected chi connectivity index (χ0v) is 39.5. The zero-order chi connectivity index (χ0) is 46.8. The molecule has 0 N–H and O–H groups in total. The molecule has 0 bridgehead atoms. The third-order valence-electron chi connectivity index (χ3n) is 15.5. The molecule has 0 heterocycles. The number of nitrogens with zero attached hydrogens (tertiary/aromatic N) is 1. The average molecular weight is 894 g/mol. The van der Waals surface area contributed by atoms with Crippen LogP contribution in [0, 0.1) is 0 Å². The summed E-state index contributed by atoms with van der Waals surface area (Å²) in [6.07, 6.45) is 6.62. The van der Waals surface area contributed by atoms with Gasteiger partial charge in [-0.2, -0.15) is 0 Å². The maximum Gasteiger partial charge on any atom is 0.0465 e. The Bertz CT molecular complexity index is 3850. The van der Waals surface area contributed by atoms with Gasteiger partial charge in [0.2, 0.25) is 0 Å². The molecule has 0 atom stereocenters. The number of hydrogen-bond acceptors (Lipinski definition) is 1. The van der Waals surface area contributed by atoms with E-state index in [1.807, 2.05) is 0 Å². The van der Waals surface area contributed by atoms with Crippen LogP contribution in [0.5, 0.6) is 0 Å². The van der Waals surface area contributed by atoms with Gasteiger partial charge in [0.1, 0.15) is 0 Å². The van der Waals surface area contributed by atoms with Crippen LogP contribution in [0.2, 0.25) is 0 Å². The van der Waals surface area contributed by atoms with Gasteiger partial charge in [0.05, 0.1) is 0 Å². The first kappa shape index (κ1) is 41.7. The molecule has 1 aliphatic rings.